The van der Waals surface area contributed by atoms with E-state index in [9.17, 15) is 19.2 Å². The van der Waals surface area contributed by atoms with E-state index in [4.69, 9.17) is 37.9 Å². The molecule has 0 unspecified atom stereocenters. The number of amides is 4. The molecular weight excluding hydrogens is 1430 g/mol. The van der Waals surface area contributed by atoms with Gasteiger partial charge in [0.1, 0.15) is 68.2 Å². The smallest absolute Gasteiger partial charge is 0.407 e. The fourth-order valence-corrected chi connectivity index (χ4v) is 13.0. The van der Waals surface area contributed by atoms with Crippen LogP contribution in [-0.2, 0) is 97.0 Å². The topological polar surface area (TPSA) is 313 Å². The predicted molar refractivity (Wildman–Crippen MR) is 426 cm³/mol. The highest BCUT2D eigenvalue weighted by Gasteiger charge is 2.28. The molecule has 1 aliphatic rings. The predicted octanol–water partition coefficient (Wildman–Crippen LogP) is 15.3. The summed E-state index contributed by atoms with van der Waals surface area (Å²) < 4.78 is 58.7. The third kappa shape index (κ3) is 28.2. The summed E-state index contributed by atoms with van der Waals surface area (Å²) in [4.78, 5) is 51.7. The van der Waals surface area contributed by atoms with Gasteiger partial charge in [-0.25, -0.2) is 37.9 Å². The van der Waals surface area contributed by atoms with Crippen LogP contribution >= 0.6 is 0 Å². The molecule has 4 aromatic heterocycles. The number of carbonyl (C=O) groups excluding carboxylic acids is 4. The van der Waals surface area contributed by atoms with Crippen molar-refractivity contribution in [2.75, 3.05) is 26.4 Å². The minimum atomic E-state index is -0.691. The maximum atomic E-state index is 12.9. The van der Waals surface area contributed by atoms with E-state index in [0.717, 1.165) is 167 Å². The average Bonchev–Trinajstić information content (AvgIpc) is 0.896. The Labute approximate surface area is 660 Å². The number of nitrogens with zero attached hydrogens (tertiary/aromatic N) is 12. The molecule has 0 aliphatic heterocycles. The van der Waals surface area contributed by atoms with Crippen LogP contribution in [0.1, 0.15) is 277 Å². The van der Waals surface area contributed by atoms with E-state index in [-0.39, 0.29) is 26.2 Å². The molecule has 8 bridgehead atoms. The number of nitrogens with one attached hydrogen (secondary N) is 4. The molecule has 112 heavy (non-hydrogen) atoms. The van der Waals surface area contributed by atoms with E-state index in [2.05, 4.69) is 139 Å². The van der Waals surface area contributed by atoms with Crippen LogP contribution in [0.15, 0.2) is 73.3 Å². The lowest BCUT2D eigenvalue weighted by molar-refractivity contribution is 0.0511. The Morgan fingerprint density at radius 2 is 0.500 bits per heavy atom. The Morgan fingerprint density at radius 3 is 0.670 bits per heavy atom. The van der Waals surface area contributed by atoms with Crippen LogP contribution < -0.4 is 40.2 Å². The summed E-state index contributed by atoms with van der Waals surface area (Å²) in [6.07, 6.45) is 17.6. The SMILES string of the molecule is CCCCCOc1c2cc(Cn3cc(CNC(=O)OC(C)(C)C)nn3)cc1Cc1cc(Cn3cc(CNC(=O)OC(C)(C)C)nn3)cc(c1OCCCCC)Cc1cc(Cn3cc(CNC(=O)OC(C)(C)C)nn3)cc(c1OCCCCC)Cc1cc(Cn3cc(CNC(=O)OC(C)(C)C)nn3)cc(c1OCCCCC)C2. The normalized spacial score (nSPS) is 12.4. The minimum absolute atomic E-state index is 0.101. The molecule has 608 valence electrons. The van der Waals surface area contributed by atoms with Crippen molar-refractivity contribution in [2.45, 2.75) is 288 Å². The monoisotopic (exact) mass is 1540 g/mol. The van der Waals surface area contributed by atoms with Gasteiger partial charge in [0.2, 0.25) is 0 Å². The molecule has 1 aliphatic carbocycles. The average molecular weight is 1550 g/mol. The maximum absolute atomic E-state index is 12.9. The number of aromatic nitrogens is 12. The quantitative estimate of drug-likeness (QED) is 0.0209. The van der Waals surface area contributed by atoms with Gasteiger partial charge in [-0.15, -0.1) is 20.4 Å². The van der Waals surface area contributed by atoms with E-state index in [1.165, 1.54) is 0 Å². The Morgan fingerprint density at radius 1 is 0.312 bits per heavy atom. The molecule has 0 spiro atoms. The third-order valence-corrected chi connectivity index (χ3v) is 17.7. The van der Waals surface area contributed by atoms with E-state index in [1.807, 2.05) is 108 Å². The van der Waals surface area contributed by atoms with Crippen molar-refractivity contribution in [3.63, 3.8) is 0 Å². The van der Waals surface area contributed by atoms with Crippen molar-refractivity contribution in [3.8, 4) is 23.0 Å². The number of ether oxygens (including phenoxy) is 8. The van der Waals surface area contributed by atoms with E-state index >= 15 is 0 Å². The Kier molecular flexibility index (Phi) is 30.8. The van der Waals surface area contributed by atoms with Crippen molar-refractivity contribution in [2.24, 2.45) is 0 Å². The molecule has 0 atom stereocenters. The number of rotatable bonds is 36. The Bertz CT molecular complexity index is 3750. The summed E-state index contributed by atoms with van der Waals surface area (Å²) in [5.41, 5.74) is 10.4. The molecule has 4 N–H and O–H groups in total. The largest absolute Gasteiger partial charge is 0.493 e. The number of fused-ring (bicyclic) bond motifs is 8. The molecular formula is C84H120N16O12. The van der Waals surface area contributed by atoms with Crippen LogP contribution in [0.2, 0.25) is 0 Å². The van der Waals surface area contributed by atoms with Crippen molar-refractivity contribution < 1.29 is 57.1 Å². The summed E-state index contributed by atoms with van der Waals surface area (Å²) in [6.45, 7) is 34.0. The number of hydrogen-bond donors (Lipinski definition) is 4. The van der Waals surface area contributed by atoms with Gasteiger partial charge >= 0.3 is 24.4 Å². The maximum Gasteiger partial charge on any atom is 0.407 e. The Hall–Kier alpha value is -10.3. The molecule has 0 fully saturated rings. The Balaban J connectivity index is 1.30. The van der Waals surface area contributed by atoms with Crippen LogP contribution in [-0.4, -0.2) is 133 Å². The second-order valence-corrected chi connectivity index (χ2v) is 33.0. The highest BCUT2D eigenvalue weighted by molar-refractivity contribution is 5.69. The first-order chi connectivity index (χ1) is 53.3. The summed E-state index contributed by atoms with van der Waals surface area (Å²) in [5, 5.41) is 48.0. The van der Waals surface area contributed by atoms with Crippen LogP contribution in [0.4, 0.5) is 19.2 Å². The lowest BCUT2D eigenvalue weighted by atomic mass is 9.88. The molecule has 8 aromatic rings. The van der Waals surface area contributed by atoms with Gasteiger partial charge < -0.3 is 59.2 Å². The number of unbranched alkanes of at least 4 members (excludes halogenated alkanes) is 8. The van der Waals surface area contributed by atoms with Crippen molar-refractivity contribution in [1.82, 2.24) is 81.2 Å². The second-order valence-electron chi connectivity index (χ2n) is 33.0. The highest BCUT2D eigenvalue weighted by Crippen LogP contribution is 2.42. The number of alkyl carbamates (subject to hydrolysis) is 4. The van der Waals surface area contributed by atoms with E-state index in [0.29, 0.717) is 101 Å². The van der Waals surface area contributed by atoms with Gasteiger partial charge in [-0.2, -0.15) is 0 Å². The van der Waals surface area contributed by atoms with Crippen molar-refractivity contribution >= 4 is 24.4 Å². The minimum Gasteiger partial charge on any atom is -0.493 e. The van der Waals surface area contributed by atoms with Crippen LogP contribution in [0.5, 0.6) is 23.0 Å². The molecule has 28 nitrogen and oxygen atoms in total. The van der Waals surface area contributed by atoms with Gasteiger partial charge in [0, 0.05) is 25.7 Å². The molecule has 0 saturated heterocycles. The second kappa shape index (κ2) is 40.3. The molecule has 0 saturated carbocycles. The van der Waals surface area contributed by atoms with Crippen molar-refractivity contribution in [3.05, 3.63) is 163 Å². The molecule has 9 rings (SSSR count). The van der Waals surface area contributed by atoms with Crippen LogP contribution in [0.25, 0.3) is 0 Å². The standard InChI is InChI=1S/C84H120N16O12/c1-17-21-25-29-105-73-61-33-57(49-97-53-69(89-93-97)45-85-77(101)109-81(5,6)7)34-62(73)42-64-36-59(51-99-55-71(91-95-99)47-87-79(103)111-83(11,12)13)38-66(75(64)107-31-27-23-19-3)44-68-40-60(52-100-56-72(92-96-100)48-88-80(104)112-84(14,15)16)39-67(76(68)108-32-28-24-20-4)43-65-37-58(35-63(41-61)74(65)106-30-26-22-18-2)50-98-54-70(90-94-98)46-86-78(102)110-82(8,9)10/h33-40,53-56H,17-32,41-52H2,1-16H3,(H,85,101)(H,86,102)(H,87,103)(H,88,104). The molecule has 0 radical (unpaired) electrons. The van der Waals surface area contributed by atoms with Gasteiger partial charge in [-0.05, 0) is 224 Å². The zero-order valence-corrected chi connectivity index (χ0v) is 69.0. The highest BCUT2D eigenvalue weighted by atomic mass is 16.6. The number of carbonyl (C=O) groups is 4. The molecule has 4 heterocycles. The lowest BCUT2D eigenvalue weighted by Gasteiger charge is -2.25. The zero-order chi connectivity index (χ0) is 80.6. The van der Waals surface area contributed by atoms with Crippen LogP contribution in [0.3, 0.4) is 0 Å². The van der Waals surface area contributed by atoms with E-state index < -0.39 is 46.8 Å². The number of benzene rings is 4. The van der Waals surface area contributed by atoms with Gasteiger partial charge in [-0.1, -0.05) is 99.9 Å². The summed E-state index contributed by atoms with van der Waals surface area (Å²) in [7, 11) is 0. The first-order valence-corrected chi connectivity index (χ1v) is 39.9. The van der Waals surface area contributed by atoms with Crippen LogP contribution in [0, 0.1) is 0 Å². The fraction of sp³-hybridized carbons (Fsp3) is 0.571. The molecule has 4 amide bonds. The molecule has 28 heteroatoms. The van der Waals surface area contributed by atoms with Gasteiger partial charge in [-0.3, -0.25) is 0 Å². The lowest BCUT2D eigenvalue weighted by Crippen LogP contribution is -2.32. The summed E-state index contributed by atoms with van der Waals surface area (Å²) >= 11 is 0. The summed E-state index contributed by atoms with van der Waals surface area (Å²) in [6, 6.07) is 17.7. The first-order valence-electron chi connectivity index (χ1n) is 39.9. The van der Waals surface area contributed by atoms with Crippen molar-refractivity contribution in [1.29, 1.82) is 0 Å². The van der Waals surface area contributed by atoms with E-state index in [1.54, 1.807) is 18.7 Å². The zero-order valence-electron chi connectivity index (χ0n) is 69.0. The molecule has 4 aromatic carbocycles. The fourth-order valence-electron chi connectivity index (χ4n) is 13.0. The summed E-state index contributed by atoms with van der Waals surface area (Å²) in [5.74, 6) is 2.97. The van der Waals surface area contributed by atoms with Gasteiger partial charge in [0.15, 0.2) is 0 Å². The first kappa shape index (κ1) is 85.7. The van der Waals surface area contributed by atoms with Gasteiger partial charge in [0.05, 0.1) is 104 Å². The third-order valence-electron chi connectivity index (χ3n) is 17.7. The number of hydrogen-bond acceptors (Lipinski definition) is 20. The van der Waals surface area contributed by atoms with Gasteiger partial charge in [0.25, 0.3) is 0 Å².